The standard InChI is InChI=1S/C17H24N4OS/c1-2-15(13-22)20-8-10-21(11-9-20)17-19-18-16(23-17)12-14-6-4-3-5-7-14/h3-7,15,22H,2,8-13H2,1H3. The van der Waals surface area contributed by atoms with Crippen molar-refractivity contribution in [3.8, 4) is 0 Å². The number of benzene rings is 1. The van der Waals surface area contributed by atoms with Crippen LogP contribution < -0.4 is 4.90 Å². The Morgan fingerprint density at radius 1 is 1.13 bits per heavy atom. The number of anilines is 1. The van der Waals surface area contributed by atoms with Crippen molar-refractivity contribution in [3.63, 3.8) is 0 Å². The molecular formula is C17H24N4OS. The zero-order valence-corrected chi connectivity index (χ0v) is 14.4. The molecule has 1 N–H and O–H groups in total. The van der Waals surface area contributed by atoms with E-state index in [4.69, 9.17) is 0 Å². The van der Waals surface area contributed by atoms with Gasteiger partial charge in [-0.05, 0) is 12.0 Å². The van der Waals surface area contributed by atoms with E-state index in [1.54, 1.807) is 11.3 Å². The lowest BCUT2D eigenvalue weighted by Crippen LogP contribution is -2.51. The number of aliphatic hydroxyl groups is 1. The van der Waals surface area contributed by atoms with Crippen LogP contribution in [-0.2, 0) is 6.42 Å². The van der Waals surface area contributed by atoms with Gasteiger partial charge >= 0.3 is 0 Å². The van der Waals surface area contributed by atoms with Crippen molar-refractivity contribution in [2.24, 2.45) is 0 Å². The van der Waals surface area contributed by atoms with Crippen LogP contribution in [0.4, 0.5) is 5.13 Å². The Balaban J connectivity index is 1.57. The van der Waals surface area contributed by atoms with E-state index in [-0.39, 0.29) is 6.61 Å². The fraction of sp³-hybridized carbons (Fsp3) is 0.529. The molecule has 1 aromatic carbocycles. The number of rotatable bonds is 6. The summed E-state index contributed by atoms with van der Waals surface area (Å²) in [5.74, 6) is 0. The number of aliphatic hydroxyl groups excluding tert-OH is 1. The Morgan fingerprint density at radius 3 is 2.52 bits per heavy atom. The van der Waals surface area contributed by atoms with Crippen LogP contribution in [0.5, 0.6) is 0 Å². The molecule has 23 heavy (non-hydrogen) atoms. The van der Waals surface area contributed by atoms with E-state index in [9.17, 15) is 5.11 Å². The van der Waals surface area contributed by atoms with E-state index in [1.165, 1.54) is 5.56 Å². The first-order valence-corrected chi connectivity index (χ1v) is 9.08. The van der Waals surface area contributed by atoms with Gasteiger partial charge in [0, 0.05) is 38.6 Å². The van der Waals surface area contributed by atoms with Crippen molar-refractivity contribution in [2.75, 3.05) is 37.7 Å². The molecule has 124 valence electrons. The predicted molar refractivity (Wildman–Crippen MR) is 94.1 cm³/mol. The lowest BCUT2D eigenvalue weighted by Gasteiger charge is -2.38. The number of piperazine rings is 1. The Bertz CT molecular complexity index is 592. The number of hydrogen-bond acceptors (Lipinski definition) is 6. The number of nitrogens with zero attached hydrogens (tertiary/aromatic N) is 4. The summed E-state index contributed by atoms with van der Waals surface area (Å²) in [6.45, 7) is 6.25. The Morgan fingerprint density at radius 2 is 1.87 bits per heavy atom. The third-order valence-electron chi connectivity index (χ3n) is 4.44. The molecule has 6 heteroatoms. The fourth-order valence-electron chi connectivity index (χ4n) is 3.00. The maximum atomic E-state index is 9.43. The third kappa shape index (κ3) is 4.07. The second-order valence-electron chi connectivity index (χ2n) is 5.91. The molecule has 5 nitrogen and oxygen atoms in total. The minimum Gasteiger partial charge on any atom is -0.395 e. The minimum absolute atomic E-state index is 0.247. The van der Waals surface area contributed by atoms with Gasteiger partial charge in [-0.2, -0.15) is 0 Å². The van der Waals surface area contributed by atoms with Gasteiger partial charge in [0.25, 0.3) is 0 Å². The van der Waals surface area contributed by atoms with Crippen LogP contribution >= 0.6 is 11.3 Å². The third-order valence-corrected chi connectivity index (χ3v) is 5.42. The van der Waals surface area contributed by atoms with Crippen LogP contribution in [0.2, 0.25) is 0 Å². The summed E-state index contributed by atoms with van der Waals surface area (Å²) < 4.78 is 0. The molecule has 2 aromatic rings. The lowest BCUT2D eigenvalue weighted by atomic mass is 10.2. The Labute approximate surface area is 141 Å². The van der Waals surface area contributed by atoms with E-state index < -0.39 is 0 Å². The summed E-state index contributed by atoms with van der Waals surface area (Å²) in [6.07, 6.45) is 1.84. The molecular weight excluding hydrogens is 308 g/mol. The quantitative estimate of drug-likeness (QED) is 0.877. The molecule has 0 amide bonds. The predicted octanol–water partition coefficient (Wildman–Crippen LogP) is 2.02. The van der Waals surface area contributed by atoms with Crippen molar-refractivity contribution in [1.82, 2.24) is 15.1 Å². The highest BCUT2D eigenvalue weighted by molar-refractivity contribution is 7.15. The van der Waals surface area contributed by atoms with Crippen LogP contribution in [0, 0.1) is 0 Å². The molecule has 1 unspecified atom stereocenters. The van der Waals surface area contributed by atoms with E-state index in [0.29, 0.717) is 6.04 Å². The van der Waals surface area contributed by atoms with Gasteiger partial charge in [0.15, 0.2) is 0 Å². The molecule has 3 rings (SSSR count). The normalized spacial score (nSPS) is 17.4. The molecule has 1 aliphatic rings. The van der Waals surface area contributed by atoms with Crippen LogP contribution in [0.15, 0.2) is 30.3 Å². The first kappa shape index (κ1) is 16.4. The SMILES string of the molecule is CCC(CO)N1CCN(c2nnc(Cc3ccccc3)s2)CC1. The summed E-state index contributed by atoms with van der Waals surface area (Å²) in [5, 5.41) is 20.2. The highest BCUT2D eigenvalue weighted by Gasteiger charge is 2.24. The van der Waals surface area contributed by atoms with Crippen LogP contribution in [0.3, 0.4) is 0 Å². The molecule has 2 heterocycles. The first-order valence-electron chi connectivity index (χ1n) is 8.26. The summed E-state index contributed by atoms with van der Waals surface area (Å²) in [6, 6.07) is 10.7. The van der Waals surface area contributed by atoms with E-state index >= 15 is 0 Å². The zero-order chi connectivity index (χ0) is 16.1. The van der Waals surface area contributed by atoms with Gasteiger partial charge in [0.2, 0.25) is 5.13 Å². The van der Waals surface area contributed by atoms with E-state index in [2.05, 4.69) is 51.2 Å². The smallest absolute Gasteiger partial charge is 0.208 e. The Hall–Kier alpha value is -1.50. The van der Waals surface area contributed by atoms with E-state index in [1.807, 2.05) is 6.07 Å². The van der Waals surface area contributed by atoms with Crippen LogP contribution in [0.1, 0.15) is 23.9 Å². The van der Waals surface area contributed by atoms with Gasteiger partial charge < -0.3 is 10.0 Å². The molecule has 1 saturated heterocycles. The molecule has 0 saturated carbocycles. The highest BCUT2D eigenvalue weighted by Crippen LogP contribution is 2.24. The van der Waals surface area contributed by atoms with Crippen molar-refractivity contribution in [2.45, 2.75) is 25.8 Å². The maximum Gasteiger partial charge on any atom is 0.208 e. The average Bonchev–Trinajstić information content (AvgIpc) is 3.06. The van der Waals surface area contributed by atoms with Gasteiger partial charge in [0.05, 0.1) is 6.61 Å². The monoisotopic (exact) mass is 332 g/mol. The van der Waals surface area contributed by atoms with Crippen LogP contribution in [-0.4, -0.2) is 59.0 Å². The van der Waals surface area contributed by atoms with Crippen molar-refractivity contribution in [1.29, 1.82) is 0 Å². The topological polar surface area (TPSA) is 52.5 Å². The van der Waals surface area contributed by atoms with Crippen LogP contribution in [0.25, 0.3) is 0 Å². The summed E-state index contributed by atoms with van der Waals surface area (Å²) in [5.41, 5.74) is 1.27. The Kier molecular flexibility index (Phi) is 5.59. The van der Waals surface area contributed by atoms with Crippen molar-refractivity contribution in [3.05, 3.63) is 40.9 Å². The summed E-state index contributed by atoms with van der Waals surface area (Å²) in [7, 11) is 0. The maximum absolute atomic E-state index is 9.43. The van der Waals surface area contributed by atoms with Gasteiger partial charge in [-0.25, -0.2) is 0 Å². The molecule has 0 radical (unpaired) electrons. The highest BCUT2D eigenvalue weighted by atomic mass is 32.1. The van der Waals surface area contributed by atoms with Crippen molar-refractivity contribution < 1.29 is 5.11 Å². The van der Waals surface area contributed by atoms with Gasteiger partial charge in [0.1, 0.15) is 5.01 Å². The minimum atomic E-state index is 0.247. The molecule has 1 aliphatic heterocycles. The van der Waals surface area contributed by atoms with Crippen molar-refractivity contribution >= 4 is 16.5 Å². The second kappa shape index (κ2) is 7.86. The largest absolute Gasteiger partial charge is 0.395 e. The lowest BCUT2D eigenvalue weighted by molar-refractivity contribution is 0.114. The van der Waals surface area contributed by atoms with Gasteiger partial charge in [-0.1, -0.05) is 48.6 Å². The number of aromatic nitrogens is 2. The van der Waals surface area contributed by atoms with Gasteiger partial charge in [-0.3, -0.25) is 4.90 Å². The molecule has 0 bridgehead atoms. The molecule has 1 fully saturated rings. The summed E-state index contributed by atoms with van der Waals surface area (Å²) in [4.78, 5) is 4.69. The molecule has 0 spiro atoms. The summed E-state index contributed by atoms with van der Waals surface area (Å²) >= 11 is 1.69. The first-order chi connectivity index (χ1) is 11.3. The average molecular weight is 332 g/mol. The molecule has 1 atom stereocenters. The molecule has 1 aromatic heterocycles. The molecule has 0 aliphatic carbocycles. The number of hydrogen-bond donors (Lipinski definition) is 1. The van der Waals surface area contributed by atoms with Gasteiger partial charge in [-0.15, -0.1) is 10.2 Å². The zero-order valence-electron chi connectivity index (χ0n) is 13.6. The fourth-order valence-corrected chi connectivity index (χ4v) is 3.92. The second-order valence-corrected chi connectivity index (χ2v) is 6.95. The van der Waals surface area contributed by atoms with E-state index in [0.717, 1.165) is 49.2 Å².